The number of nitro benzene ring substituents is 1. The number of carbonyl (C=O) groups is 1. The molecular weight excluding hydrogens is 314 g/mol. The monoisotopic (exact) mass is 329 g/mol. The highest BCUT2D eigenvalue weighted by Gasteiger charge is 2.18. The van der Waals surface area contributed by atoms with E-state index in [0.717, 1.165) is 0 Å². The van der Waals surface area contributed by atoms with Gasteiger partial charge in [0.15, 0.2) is 0 Å². The molecule has 2 rings (SSSR count). The molecule has 124 valence electrons. The first-order chi connectivity index (χ1) is 11.5. The molecule has 2 aromatic carbocycles. The molecule has 0 saturated heterocycles. The average molecular weight is 329 g/mol. The third kappa shape index (κ3) is 4.10. The number of nitrogens with zero attached hydrogens (tertiary/aromatic N) is 1. The van der Waals surface area contributed by atoms with E-state index in [-0.39, 0.29) is 11.4 Å². The quantitative estimate of drug-likeness (QED) is 0.266. The molecule has 0 N–H and O–H groups in total. The van der Waals surface area contributed by atoms with Gasteiger partial charge in [-0.3, -0.25) is 10.1 Å². The summed E-state index contributed by atoms with van der Waals surface area (Å²) in [6.45, 7) is 0. The van der Waals surface area contributed by atoms with Crippen molar-refractivity contribution in [3.8, 4) is 17.2 Å². The van der Waals surface area contributed by atoms with Crippen molar-refractivity contribution < 1.29 is 23.9 Å². The van der Waals surface area contributed by atoms with Gasteiger partial charge in [0, 0.05) is 11.6 Å². The van der Waals surface area contributed by atoms with Crippen LogP contribution in [0.25, 0.3) is 6.08 Å². The van der Waals surface area contributed by atoms with Gasteiger partial charge in [0.2, 0.25) is 5.75 Å². The van der Waals surface area contributed by atoms with Crippen LogP contribution in [0.4, 0.5) is 5.69 Å². The van der Waals surface area contributed by atoms with E-state index >= 15 is 0 Å². The number of nitro groups is 1. The number of benzene rings is 2. The molecule has 0 unspecified atom stereocenters. The van der Waals surface area contributed by atoms with Crippen LogP contribution in [-0.4, -0.2) is 25.1 Å². The summed E-state index contributed by atoms with van der Waals surface area (Å²) >= 11 is 0. The zero-order chi connectivity index (χ0) is 17.5. The molecule has 0 aliphatic heterocycles. The van der Waals surface area contributed by atoms with Crippen LogP contribution in [-0.2, 0) is 4.79 Å². The normalized spacial score (nSPS) is 10.4. The molecule has 7 heteroatoms. The number of hydrogen-bond acceptors (Lipinski definition) is 6. The number of ether oxygens (including phenoxy) is 3. The van der Waals surface area contributed by atoms with Crippen molar-refractivity contribution in [1.82, 2.24) is 0 Å². The summed E-state index contributed by atoms with van der Waals surface area (Å²) in [6.07, 6.45) is 2.68. The Hall–Kier alpha value is -3.35. The number of rotatable bonds is 6. The van der Waals surface area contributed by atoms with Gasteiger partial charge in [0.25, 0.3) is 0 Å². The minimum Gasteiger partial charge on any atom is -0.496 e. The average Bonchev–Trinajstić information content (AvgIpc) is 2.60. The first kappa shape index (κ1) is 17.0. The summed E-state index contributed by atoms with van der Waals surface area (Å²) in [4.78, 5) is 22.3. The van der Waals surface area contributed by atoms with E-state index < -0.39 is 10.9 Å². The minimum absolute atomic E-state index is 0.157. The summed E-state index contributed by atoms with van der Waals surface area (Å²) < 4.78 is 15.1. The lowest BCUT2D eigenvalue weighted by atomic mass is 10.2. The fourth-order valence-electron chi connectivity index (χ4n) is 1.96. The van der Waals surface area contributed by atoms with Gasteiger partial charge in [-0.15, -0.1) is 0 Å². The molecule has 0 aliphatic carbocycles. The van der Waals surface area contributed by atoms with Crippen molar-refractivity contribution >= 4 is 17.7 Å². The Morgan fingerprint density at radius 3 is 2.50 bits per heavy atom. The number of carbonyl (C=O) groups excluding carboxylic acids is 1. The Bertz CT molecular complexity index is 784. The summed E-state index contributed by atoms with van der Waals surface area (Å²) in [6, 6.07) is 11.1. The summed E-state index contributed by atoms with van der Waals surface area (Å²) in [5.41, 5.74) is 0.328. The van der Waals surface area contributed by atoms with Gasteiger partial charge in [0.1, 0.15) is 11.5 Å². The van der Waals surface area contributed by atoms with Gasteiger partial charge in [-0.1, -0.05) is 18.2 Å². The van der Waals surface area contributed by atoms with E-state index in [1.165, 1.54) is 44.6 Å². The van der Waals surface area contributed by atoms with Crippen LogP contribution in [0.1, 0.15) is 5.56 Å². The van der Waals surface area contributed by atoms with Gasteiger partial charge in [-0.25, -0.2) is 4.79 Å². The predicted octanol–water partition coefficient (Wildman–Crippen LogP) is 3.23. The van der Waals surface area contributed by atoms with Gasteiger partial charge in [-0.05, 0) is 24.3 Å². The first-order valence-corrected chi connectivity index (χ1v) is 6.90. The number of esters is 1. The van der Waals surface area contributed by atoms with Gasteiger partial charge < -0.3 is 14.2 Å². The minimum atomic E-state index is -0.742. The number of hydrogen-bond donors (Lipinski definition) is 0. The second-order valence-corrected chi connectivity index (χ2v) is 4.59. The Morgan fingerprint density at radius 1 is 1.08 bits per heavy atom. The molecule has 7 nitrogen and oxygen atoms in total. The highest BCUT2D eigenvalue weighted by molar-refractivity contribution is 5.89. The molecule has 0 atom stereocenters. The van der Waals surface area contributed by atoms with Crippen molar-refractivity contribution in [2.45, 2.75) is 0 Å². The smallest absolute Gasteiger partial charge is 0.336 e. The molecular formula is C17H15NO6. The second-order valence-electron chi connectivity index (χ2n) is 4.59. The maximum absolute atomic E-state index is 11.9. The fraction of sp³-hybridized carbons (Fsp3) is 0.118. The molecule has 0 aliphatic rings. The molecule has 0 aromatic heterocycles. The first-order valence-electron chi connectivity index (χ1n) is 6.90. The molecule has 0 spiro atoms. The van der Waals surface area contributed by atoms with Gasteiger partial charge in [0.05, 0.1) is 25.2 Å². The fourth-order valence-corrected chi connectivity index (χ4v) is 1.96. The van der Waals surface area contributed by atoms with E-state index in [1.807, 2.05) is 0 Å². The van der Waals surface area contributed by atoms with Crippen molar-refractivity contribution in [1.29, 1.82) is 0 Å². The SMILES string of the molecule is COc1ccc(OC(=O)C=Cc2ccccc2OC)c([N+](=O)[O-])c1. The summed E-state index contributed by atoms with van der Waals surface area (Å²) in [5, 5.41) is 11.1. The molecule has 0 fully saturated rings. The van der Waals surface area contributed by atoms with Crippen LogP contribution in [0.2, 0.25) is 0 Å². The Labute approximate surface area is 138 Å². The van der Waals surface area contributed by atoms with Crippen molar-refractivity contribution in [3.63, 3.8) is 0 Å². The van der Waals surface area contributed by atoms with Crippen LogP contribution in [0, 0.1) is 10.1 Å². The molecule has 0 radical (unpaired) electrons. The van der Waals surface area contributed by atoms with Crippen molar-refractivity contribution in [2.75, 3.05) is 14.2 Å². The lowest BCUT2D eigenvalue weighted by Gasteiger charge is -2.05. The van der Waals surface area contributed by atoms with Crippen molar-refractivity contribution in [2.24, 2.45) is 0 Å². The predicted molar refractivity (Wildman–Crippen MR) is 87.3 cm³/mol. The van der Waals surface area contributed by atoms with E-state index in [1.54, 1.807) is 24.3 Å². The zero-order valence-electron chi connectivity index (χ0n) is 13.1. The van der Waals surface area contributed by atoms with Gasteiger partial charge in [-0.2, -0.15) is 0 Å². The summed E-state index contributed by atoms with van der Waals surface area (Å²) in [5.74, 6) is -0.00677. The van der Waals surface area contributed by atoms with Gasteiger partial charge >= 0.3 is 11.7 Å². The lowest BCUT2D eigenvalue weighted by molar-refractivity contribution is -0.385. The highest BCUT2D eigenvalue weighted by Crippen LogP contribution is 2.31. The van der Waals surface area contributed by atoms with Crippen LogP contribution < -0.4 is 14.2 Å². The summed E-state index contributed by atoms with van der Waals surface area (Å²) in [7, 11) is 2.91. The third-order valence-corrected chi connectivity index (χ3v) is 3.11. The van der Waals surface area contributed by atoms with Crippen molar-refractivity contribution in [3.05, 3.63) is 64.2 Å². The topological polar surface area (TPSA) is 87.9 Å². The zero-order valence-corrected chi connectivity index (χ0v) is 13.1. The largest absolute Gasteiger partial charge is 0.496 e. The Balaban J connectivity index is 2.18. The second kappa shape index (κ2) is 7.77. The maximum Gasteiger partial charge on any atom is 0.336 e. The molecule has 0 amide bonds. The van der Waals surface area contributed by atoms with Crippen LogP contribution in [0.5, 0.6) is 17.2 Å². The number of methoxy groups -OCH3 is 2. The molecule has 24 heavy (non-hydrogen) atoms. The Kier molecular flexibility index (Phi) is 5.51. The van der Waals surface area contributed by atoms with E-state index in [2.05, 4.69) is 0 Å². The molecule has 2 aromatic rings. The van der Waals surface area contributed by atoms with Crippen LogP contribution in [0.15, 0.2) is 48.5 Å². The Morgan fingerprint density at radius 2 is 1.83 bits per heavy atom. The lowest BCUT2D eigenvalue weighted by Crippen LogP contribution is -2.06. The van der Waals surface area contributed by atoms with E-state index in [9.17, 15) is 14.9 Å². The molecule has 0 heterocycles. The molecule has 0 bridgehead atoms. The maximum atomic E-state index is 11.9. The number of para-hydroxylation sites is 1. The molecule has 0 saturated carbocycles. The third-order valence-electron chi connectivity index (χ3n) is 3.11. The van der Waals surface area contributed by atoms with E-state index in [4.69, 9.17) is 14.2 Å². The highest BCUT2D eigenvalue weighted by atomic mass is 16.6. The van der Waals surface area contributed by atoms with Crippen LogP contribution >= 0.6 is 0 Å². The van der Waals surface area contributed by atoms with Crippen LogP contribution in [0.3, 0.4) is 0 Å². The van der Waals surface area contributed by atoms with E-state index in [0.29, 0.717) is 17.1 Å². The standard InChI is InChI=1S/C17H15NO6/c1-22-13-8-9-16(14(11-13)18(20)21)24-17(19)10-7-12-5-3-4-6-15(12)23-2/h3-11H,1-2H3.